The average Bonchev–Trinajstić information content (AvgIpc) is 2.92. The number of carbonyl (C=O) groups is 1. The standard InChI is InChI=1S/C21H25N3O/c1-15-7-3-4-8-17(15)11-13-22-21(25)23-14-12-18-16(2)24-20-10-6-5-9-19(18)20/h3-10,24H,11-14H2,1-2H3,(H2,22,23,25). The SMILES string of the molecule is Cc1ccccc1CCNC(=O)NCCc1c(C)[nH]c2ccccc12. The first-order chi connectivity index (χ1) is 12.1. The Morgan fingerprint density at radius 1 is 0.920 bits per heavy atom. The first-order valence-electron chi connectivity index (χ1n) is 8.77. The number of para-hydroxylation sites is 1. The molecule has 4 heteroatoms. The number of nitrogens with one attached hydrogen (secondary N) is 3. The minimum absolute atomic E-state index is 0.105. The van der Waals surface area contributed by atoms with Crippen LogP contribution in [-0.2, 0) is 12.8 Å². The number of aromatic nitrogens is 1. The minimum atomic E-state index is -0.105. The summed E-state index contributed by atoms with van der Waals surface area (Å²) >= 11 is 0. The lowest BCUT2D eigenvalue weighted by atomic mass is 10.1. The van der Waals surface area contributed by atoms with Crippen molar-refractivity contribution in [2.24, 2.45) is 0 Å². The van der Waals surface area contributed by atoms with Gasteiger partial charge in [-0.15, -0.1) is 0 Å². The summed E-state index contributed by atoms with van der Waals surface area (Å²) in [5.74, 6) is 0. The molecule has 0 saturated carbocycles. The Bertz CT molecular complexity index is 866. The van der Waals surface area contributed by atoms with Crippen LogP contribution in [0.2, 0.25) is 0 Å². The third-order valence-corrected chi connectivity index (χ3v) is 4.63. The molecule has 2 aromatic carbocycles. The van der Waals surface area contributed by atoms with E-state index in [0.29, 0.717) is 13.1 Å². The van der Waals surface area contributed by atoms with Crippen molar-refractivity contribution < 1.29 is 4.79 Å². The Hall–Kier alpha value is -2.75. The number of aromatic amines is 1. The summed E-state index contributed by atoms with van der Waals surface area (Å²) < 4.78 is 0. The molecule has 0 aliphatic heterocycles. The van der Waals surface area contributed by atoms with Crippen LogP contribution in [0.1, 0.15) is 22.4 Å². The molecule has 3 N–H and O–H groups in total. The van der Waals surface area contributed by atoms with Gasteiger partial charge in [-0.25, -0.2) is 4.79 Å². The molecule has 0 spiro atoms. The highest BCUT2D eigenvalue weighted by atomic mass is 16.2. The van der Waals surface area contributed by atoms with Crippen molar-refractivity contribution in [3.05, 3.63) is 70.9 Å². The summed E-state index contributed by atoms with van der Waals surface area (Å²) in [5.41, 5.74) is 6.13. The van der Waals surface area contributed by atoms with E-state index >= 15 is 0 Å². The van der Waals surface area contributed by atoms with Crippen LogP contribution in [0.5, 0.6) is 0 Å². The number of hydrogen-bond donors (Lipinski definition) is 3. The summed E-state index contributed by atoms with van der Waals surface area (Å²) in [7, 11) is 0. The van der Waals surface area contributed by atoms with Crippen LogP contribution in [0.25, 0.3) is 10.9 Å². The van der Waals surface area contributed by atoms with E-state index in [1.165, 1.54) is 27.8 Å². The van der Waals surface area contributed by atoms with Crippen molar-refractivity contribution in [1.29, 1.82) is 0 Å². The number of amides is 2. The van der Waals surface area contributed by atoms with Gasteiger partial charge in [0.05, 0.1) is 0 Å². The molecule has 3 aromatic rings. The predicted molar refractivity (Wildman–Crippen MR) is 103 cm³/mol. The van der Waals surface area contributed by atoms with E-state index in [1.54, 1.807) is 0 Å². The Morgan fingerprint density at radius 3 is 2.40 bits per heavy atom. The molecule has 0 bridgehead atoms. The molecule has 0 atom stereocenters. The number of H-pyrrole nitrogens is 1. The Labute approximate surface area is 148 Å². The molecule has 0 radical (unpaired) electrons. The molecule has 130 valence electrons. The molecular formula is C21H25N3O. The van der Waals surface area contributed by atoms with Crippen LogP contribution >= 0.6 is 0 Å². The zero-order valence-electron chi connectivity index (χ0n) is 14.9. The van der Waals surface area contributed by atoms with E-state index < -0.39 is 0 Å². The zero-order chi connectivity index (χ0) is 17.6. The normalized spacial score (nSPS) is 10.8. The van der Waals surface area contributed by atoms with E-state index in [-0.39, 0.29) is 6.03 Å². The van der Waals surface area contributed by atoms with Gasteiger partial charge in [-0.05, 0) is 49.4 Å². The fraction of sp³-hybridized carbons (Fsp3) is 0.286. The molecule has 0 aliphatic rings. The summed E-state index contributed by atoms with van der Waals surface area (Å²) in [4.78, 5) is 15.4. The number of rotatable bonds is 6. The van der Waals surface area contributed by atoms with Crippen LogP contribution in [0.15, 0.2) is 48.5 Å². The fourth-order valence-electron chi connectivity index (χ4n) is 3.22. The van der Waals surface area contributed by atoms with Crippen LogP contribution in [0, 0.1) is 13.8 Å². The van der Waals surface area contributed by atoms with Gasteiger partial charge in [0.2, 0.25) is 0 Å². The second kappa shape index (κ2) is 7.88. The fourth-order valence-corrected chi connectivity index (χ4v) is 3.22. The van der Waals surface area contributed by atoms with E-state index in [2.05, 4.69) is 53.7 Å². The highest BCUT2D eigenvalue weighted by Gasteiger charge is 2.08. The number of carbonyl (C=O) groups excluding carboxylic acids is 1. The number of urea groups is 1. The van der Waals surface area contributed by atoms with Gasteiger partial charge in [0.15, 0.2) is 0 Å². The first kappa shape index (κ1) is 17.1. The lowest BCUT2D eigenvalue weighted by molar-refractivity contribution is 0.241. The van der Waals surface area contributed by atoms with Gasteiger partial charge in [-0.2, -0.15) is 0 Å². The van der Waals surface area contributed by atoms with Gasteiger partial charge in [0, 0.05) is 29.7 Å². The number of benzene rings is 2. The Balaban J connectivity index is 1.45. The molecule has 1 heterocycles. The molecule has 1 aromatic heterocycles. The van der Waals surface area contributed by atoms with Crippen molar-refractivity contribution in [3.8, 4) is 0 Å². The van der Waals surface area contributed by atoms with E-state index in [4.69, 9.17) is 0 Å². The lowest BCUT2D eigenvalue weighted by Gasteiger charge is -2.09. The lowest BCUT2D eigenvalue weighted by Crippen LogP contribution is -2.37. The van der Waals surface area contributed by atoms with Gasteiger partial charge >= 0.3 is 6.03 Å². The maximum absolute atomic E-state index is 12.0. The molecule has 0 saturated heterocycles. The van der Waals surface area contributed by atoms with Crippen molar-refractivity contribution in [1.82, 2.24) is 15.6 Å². The maximum atomic E-state index is 12.0. The number of fused-ring (bicyclic) bond motifs is 1. The van der Waals surface area contributed by atoms with E-state index in [9.17, 15) is 4.79 Å². The maximum Gasteiger partial charge on any atom is 0.314 e. The number of aryl methyl sites for hydroxylation is 2. The molecule has 0 aliphatic carbocycles. The molecular weight excluding hydrogens is 310 g/mol. The van der Waals surface area contributed by atoms with Gasteiger partial charge in [-0.1, -0.05) is 42.5 Å². The third kappa shape index (κ3) is 4.21. The van der Waals surface area contributed by atoms with Gasteiger partial charge in [-0.3, -0.25) is 0 Å². The van der Waals surface area contributed by atoms with Crippen molar-refractivity contribution in [2.75, 3.05) is 13.1 Å². The largest absolute Gasteiger partial charge is 0.358 e. The van der Waals surface area contributed by atoms with Crippen molar-refractivity contribution in [3.63, 3.8) is 0 Å². The van der Waals surface area contributed by atoms with Gasteiger partial charge < -0.3 is 15.6 Å². The summed E-state index contributed by atoms with van der Waals surface area (Å²) in [6.45, 7) is 5.44. The minimum Gasteiger partial charge on any atom is -0.358 e. The molecule has 25 heavy (non-hydrogen) atoms. The average molecular weight is 335 g/mol. The Kier molecular flexibility index (Phi) is 5.39. The number of hydrogen-bond acceptors (Lipinski definition) is 1. The van der Waals surface area contributed by atoms with Crippen molar-refractivity contribution >= 4 is 16.9 Å². The Morgan fingerprint density at radius 2 is 1.60 bits per heavy atom. The van der Waals surface area contributed by atoms with Crippen LogP contribution in [0.3, 0.4) is 0 Å². The topological polar surface area (TPSA) is 56.9 Å². The zero-order valence-corrected chi connectivity index (χ0v) is 14.9. The smallest absolute Gasteiger partial charge is 0.314 e. The summed E-state index contributed by atoms with van der Waals surface area (Å²) in [6.07, 6.45) is 1.67. The molecule has 0 fully saturated rings. The molecule has 2 amide bonds. The second-order valence-corrected chi connectivity index (χ2v) is 6.38. The predicted octanol–water partition coefficient (Wildman–Crippen LogP) is 3.87. The van der Waals surface area contributed by atoms with Crippen molar-refractivity contribution in [2.45, 2.75) is 26.7 Å². The second-order valence-electron chi connectivity index (χ2n) is 6.38. The van der Waals surface area contributed by atoms with E-state index in [0.717, 1.165) is 18.4 Å². The van der Waals surface area contributed by atoms with E-state index in [1.807, 2.05) is 24.3 Å². The molecule has 4 nitrogen and oxygen atoms in total. The van der Waals surface area contributed by atoms with Crippen LogP contribution < -0.4 is 10.6 Å². The summed E-state index contributed by atoms with van der Waals surface area (Å²) in [5, 5.41) is 7.12. The first-order valence-corrected chi connectivity index (χ1v) is 8.77. The highest BCUT2D eigenvalue weighted by Crippen LogP contribution is 2.21. The molecule has 0 unspecified atom stereocenters. The summed E-state index contributed by atoms with van der Waals surface area (Å²) in [6, 6.07) is 16.4. The third-order valence-electron chi connectivity index (χ3n) is 4.63. The molecule has 3 rings (SSSR count). The van der Waals surface area contributed by atoms with Gasteiger partial charge in [0.1, 0.15) is 0 Å². The highest BCUT2D eigenvalue weighted by molar-refractivity contribution is 5.84. The van der Waals surface area contributed by atoms with Gasteiger partial charge in [0.25, 0.3) is 0 Å². The van der Waals surface area contributed by atoms with Crippen LogP contribution in [0.4, 0.5) is 4.79 Å². The monoisotopic (exact) mass is 335 g/mol. The quantitative estimate of drug-likeness (QED) is 0.629. The van der Waals surface area contributed by atoms with Crippen LogP contribution in [-0.4, -0.2) is 24.1 Å².